The number of rotatable bonds is 5. The molecule has 0 aliphatic heterocycles. The summed E-state index contributed by atoms with van der Waals surface area (Å²) >= 11 is 11.7. The van der Waals surface area contributed by atoms with Gasteiger partial charge in [0.25, 0.3) is 5.91 Å². The van der Waals surface area contributed by atoms with Crippen molar-refractivity contribution in [1.82, 2.24) is 9.78 Å². The normalized spacial score (nSPS) is 10.5. The molecule has 3 rings (SSSR count). The minimum absolute atomic E-state index is 0.279. The fourth-order valence-electron chi connectivity index (χ4n) is 2.35. The number of nitrogens with one attached hydrogen (secondary N) is 1. The standard InChI is InChI=1S/C19H15Cl2N3O3/c1-24-17(10-16(23-24)12-5-7-14(20)8-6-12)22-18(25)11-27-19(26)13-3-2-4-15(21)9-13/h2-10H,11H2,1H3,(H,22,25). The molecule has 0 aliphatic rings. The van der Waals surface area contributed by atoms with Gasteiger partial charge in [-0.05, 0) is 30.3 Å². The van der Waals surface area contributed by atoms with E-state index in [0.29, 0.717) is 21.6 Å². The third-order valence-electron chi connectivity index (χ3n) is 3.68. The van der Waals surface area contributed by atoms with Gasteiger partial charge in [-0.15, -0.1) is 0 Å². The van der Waals surface area contributed by atoms with Crippen LogP contribution in [0.1, 0.15) is 10.4 Å². The number of benzene rings is 2. The number of hydrogen-bond acceptors (Lipinski definition) is 4. The summed E-state index contributed by atoms with van der Waals surface area (Å²) in [7, 11) is 1.70. The lowest BCUT2D eigenvalue weighted by Gasteiger charge is -2.06. The maximum atomic E-state index is 12.1. The Balaban J connectivity index is 1.61. The van der Waals surface area contributed by atoms with Crippen molar-refractivity contribution in [3.63, 3.8) is 0 Å². The molecular formula is C19H15Cl2N3O3. The SMILES string of the molecule is Cn1nc(-c2ccc(Cl)cc2)cc1NC(=O)COC(=O)c1cccc(Cl)c1. The minimum atomic E-state index is -0.625. The number of carbonyl (C=O) groups is 2. The van der Waals surface area contributed by atoms with E-state index in [4.69, 9.17) is 27.9 Å². The van der Waals surface area contributed by atoms with Gasteiger partial charge in [-0.3, -0.25) is 9.48 Å². The summed E-state index contributed by atoms with van der Waals surface area (Å²) in [6.45, 7) is -0.424. The molecule has 138 valence electrons. The average Bonchev–Trinajstić information content (AvgIpc) is 3.00. The second-order valence-corrected chi connectivity index (χ2v) is 6.55. The summed E-state index contributed by atoms with van der Waals surface area (Å²) in [5, 5.41) is 8.06. The quantitative estimate of drug-likeness (QED) is 0.648. The third-order valence-corrected chi connectivity index (χ3v) is 4.17. The lowest BCUT2D eigenvalue weighted by molar-refractivity contribution is -0.119. The molecule has 0 saturated carbocycles. The van der Waals surface area contributed by atoms with Crippen molar-refractivity contribution in [2.24, 2.45) is 7.05 Å². The zero-order valence-electron chi connectivity index (χ0n) is 14.3. The van der Waals surface area contributed by atoms with Crippen LogP contribution in [0, 0.1) is 0 Å². The highest BCUT2D eigenvalue weighted by Crippen LogP contribution is 2.23. The number of anilines is 1. The summed E-state index contributed by atoms with van der Waals surface area (Å²) in [5.41, 5.74) is 1.82. The first-order valence-corrected chi connectivity index (χ1v) is 8.70. The van der Waals surface area contributed by atoms with Gasteiger partial charge >= 0.3 is 5.97 Å². The maximum Gasteiger partial charge on any atom is 0.338 e. The summed E-state index contributed by atoms with van der Waals surface area (Å²) in [4.78, 5) is 24.0. The molecule has 0 aliphatic carbocycles. The Labute approximate surface area is 165 Å². The Kier molecular flexibility index (Phi) is 5.78. The highest BCUT2D eigenvalue weighted by Gasteiger charge is 2.13. The summed E-state index contributed by atoms with van der Waals surface area (Å²) in [6, 6.07) is 15.2. The van der Waals surface area contributed by atoms with Gasteiger partial charge in [-0.25, -0.2) is 4.79 Å². The van der Waals surface area contributed by atoms with Crippen LogP contribution in [0.5, 0.6) is 0 Å². The van der Waals surface area contributed by atoms with E-state index in [2.05, 4.69) is 10.4 Å². The highest BCUT2D eigenvalue weighted by molar-refractivity contribution is 6.31. The fourth-order valence-corrected chi connectivity index (χ4v) is 2.67. The molecule has 6 nitrogen and oxygen atoms in total. The molecule has 3 aromatic rings. The van der Waals surface area contributed by atoms with Crippen LogP contribution in [0.2, 0.25) is 10.0 Å². The molecule has 1 N–H and O–H groups in total. The van der Waals surface area contributed by atoms with Crippen LogP contribution < -0.4 is 5.32 Å². The predicted molar refractivity (Wildman–Crippen MR) is 104 cm³/mol. The molecule has 1 heterocycles. The maximum absolute atomic E-state index is 12.1. The monoisotopic (exact) mass is 403 g/mol. The van der Waals surface area contributed by atoms with Crippen molar-refractivity contribution in [2.45, 2.75) is 0 Å². The first-order chi connectivity index (χ1) is 12.9. The van der Waals surface area contributed by atoms with E-state index < -0.39 is 18.5 Å². The van der Waals surface area contributed by atoms with Crippen LogP contribution in [0.25, 0.3) is 11.3 Å². The molecule has 0 bridgehead atoms. The van der Waals surface area contributed by atoms with Crippen molar-refractivity contribution in [3.05, 3.63) is 70.2 Å². The molecule has 0 saturated heterocycles. The van der Waals surface area contributed by atoms with E-state index in [0.717, 1.165) is 5.56 Å². The van der Waals surface area contributed by atoms with Gasteiger partial charge in [0.05, 0.1) is 11.3 Å². The third kappa shape index (κ3) is 4.87. The second kappa shape index (κ2) is 8.24. The molecule has 0 spiro atoms. The van der Waals surface area contributed by atoms with Gasteiger partial charge in [0.15, 0.2) is 6.61 Å². The molecule has 27 heavy (non-hydrogen) atoms. The topological polar surface area (TPSA) is 73.2 Å². The van der Waals surface area contributed by atoms with Crippen LogP contribution in [-0.2, 0) is 16.6 Å². The number of carbonyl (C=O) groups excluding carboxylic acids is 2. The van der Waals surface area contributed by atoms with Crippen LogP contribution in [-0.4, -0.2) is 28.3 Å². The van der Waals surface area contributed by atoms with Gasteiger partial charge in [-0.2, -0.15) is 5.10 Å². The molecule has 8 heteroatoms. The number of aryl methyl sites for hydroxylation is 1. The molecular weight excluding hydrogens is 389 g/mol. The first-order valence-electron chi connectivity index (χ1n) is 7.95. The Morgan fingerprint density at radius 3 is 2.52 bits per heavy atom. The number of hydrogen-bond donors (Lipinski definition) is 1. The van der Waals surface area contributed by atoms with E-state index in [-0.39, 0.29) is 5.56 Å². The number of esters is 1. The molecule has 2 aromatic carbocycles. The number of halogens is 2. The lowest BCUT2D eigenvalue weighted by atomic mass is 10.1. The lowest BCUT2D eigenvalue weighted by Crippen LogP contribution is -2.22. The number of aromatic nitrogens is 2. The van der Waals surface area contributed by atoms with Crippen LogP contribution >= 0.6 is 23.2 Å². The van der Waals surface area contributed by atoms with Crippen LogP contribution in [0.3, 0.4) is 0 Å². The molecule has 0 radical (unpaired) electrons. The van der Waals surface area contributed by atoms with Crippen molar-refractivity contribution < 1.29 is 14.3 Å². The average molecular weight is 404 g/mol. The van der Waals surface area contributed by atoms with Crippen LogP contribution in [0.15, 0.2) is 54.6 Å². The van der Waals surface area contributed by atoms with Crippen molar-refractivity contribution in [2.75, 3.05) is 11.9 Å². The molecule has 0 fully saturated rings. The van der Waals surface area contributed by atoms with E-state index in [1.54, 1.807) is 43.4 Å². The van der Waals surface area contributed by atoms with Gasteiger partial charge < -0.3 is 10.1 Å². The van der Waals surface area contributed by atoms with Crippen LogP contribution in [0.4, 0.5) is 5.82 Å². The molecule has 0 unspecified atom stereocenters. The summed E-state index contributed by atoms with van der Waals surface area (Å²) in [5.74, 6) is -0.626. The van der Waals surface area contributed by atoms with Crippen molar-refractivity contribution in [3.8, 4) is 11.3 Å². The zero-order chi connectivity index (χ0) is 19.4. The first kappa shape index (κ1) is 18.9. The number of amides is 1. The van der Waals surface area contributed by atoms with E-state index in [1.807, 2.05) is 12.1 Å². The Morgan fingerprint density at radius 1 is 1.07 bits per heavy atom. The molecule has 1 amide bonds. The Hall–Kier alpha value is -2.83. The number of nitrogens with zero attached hydrogens (tertiary/aromatic N) is 2. The fraction of sp³-hybridized carbons (Fsp3) is 0.105. The second-order valence-electron chi connectivity index (χ2n) is 5.68. The Morgan fingerprint density at radius 2 is 1.81 bits per heavy atom. The van der Waals surface area contributed by atoms with E-state index >= 15 is 0 Å². The Bertz CT molecular complexity index is 984. The summed E-state index contributed by atoms with van der Waals surface area (Å²) < 4.78 is 6.54. The largest absolute Gasteiger partial charge is 0.452 e. The molecule has 1 aromatic heterocycles. The van der Waals surface area contributed by atoms with Gasteiger partial charge in [0.2, 0.25) is 0 Å². The van der Waals surface area contributed by atoms with Crippen molar-refractivity contribution >= 4 is 40.9 Å². The minimum Gasteiger partial charge on any atom is -0.452 e. The van der Waals surface area contributed by atoms with E-state index in [1.165, 1.54) is 10.7 Å². The van der Waals surface area contributed by atoms with Gasteiger partial charge in [-0.1, -0.05) is 41.4 Å². The predicted octanol–water partition coefficient (Wildman–Crippen LogP) is 4.19. The highest BCUT2D eigenvalue weighted by atomic mass is 35.5. The van der Waals surface area contributed by atoms with Gasteiger partial charge in [0, 0.05) is 28.7 Å². The zero-order valence-corrected chi connectivity index (χ0v) is 15.8. The smallest absolute Gasteiger partial charge is 0.338 e. The van der Waals surface area contributed by atoms with Crippen molar-refractivity contribution in [1.29, 1.82) is 0 Å². The molecule has 0 atom stereocenters. The number of ether oxygens (including phenoxy) is 1. The van der Waals surface area contributed by atoms with Gasteiger partial charge in [0.1, 0.15) is 5.82 Å². The summed E-state index contributed by atoms with van der Waals surface area (Å²) in [6.07, 6.45) is 0. The van der Waals surface area contributed by atoms with E-state index in [9.17, 15) is 9.59 Å².